The minimum Gasteiger partial charge on any atom is -0.381 e. The van der Waals surface area contributed by atoms with Crippen LogP contribution in [0.1, 0.15) is 30.7 Å². The van der Waals surface area contributed by atoms with Crippen LogP contribution in [-0.2, 0) is 21.6 Å². The average Bonchev–Trinajstić information content (AvgIpc) is 3.22. The molecule has 5 rings (SSSR count). The van der Waals surface area contributed by atoms with Gasteiger partial charge in [-0.25, -0.2) is 8.42 Å². The average molecular weight is 465 g/mol. The molecule has 3 heterocycles. The standard InChI is InChI=1S/C25H28N4O3S/c1-17(26-25-9-12-29(2)28-25)20(15-18-10-13-32-14-11-18)19-7-8-24-22(16-19)27-21-5-3-4-6-23(21)33(24,30)31/h3-9,12,16,18,20,27H,1,10-11,13-15H2,2H3,(H,26,28). The second-order valence-corrected chi connectivity index (χ2v) is 10.6. The van der Waals surface area contributed by atoms with Gasteiger partial charge in [0.25, 0.3) is 0 Å². The van der Waals surface area contributed by atoms with E-state index in [2.05, 4.69) is 22.3 Å². The predicted molar refractivity (Wildman–Crippen MR) is 128 cm³/mol. The summed E-state index contributed by atoms with van der Waals surface area (Å²) in [6.07, 6.45) is 4.81. The van der Waals surface area contributed by atoms with E-state index in [9.17, 15) is 8.42 Å². The number of hydrogen-bond acceptors (Lipinski definition) is 6. The molecule has 2 aliphatic heterocycles. The molecule has 0 aliphatic carbocycles. The van der Waals surface area contributed by atoms with E-state index in [4.69, 9.17) is 4.74 Å². The molecule has 0 amide bonds. The number of rotatable bonds is 6. The van der Waals surface area contributed by atoms with Crippen LogP contribution in [0.5, 0.6) is 0 Å². The van der Waals surface area contributed by atoms with Crippen molar-refractivity contribution in [3.8, 4) is 0 Å². The largest absolute Gasteiger partial charge is 0.381 e. The van der Waals surface area contributed by atoms with Crippen molar-refractivity contribution in [2.75, 3.05) is 23.8 Å². The van der Waals surface area contributed by atoms with E-state index in [0.29, 0.717) is 27.1 Å². The van der Waals surface area contributed by atoms with E-state index in [1.807, 2.05) is 37.5 Å². The van der Waals surface area contributed by atoms with Crippen LogP contribution in [0.15, 0.2) is 76.8 Å². The Hall–Kier alpha value is -3.10. The summed E-state index contributed by atoms with van der Waals surface area (Å²) >= 11 is 0. The quantitative estimate of drug-likeness (QED) is 0.425. The molecule has 1 unspecified atom stereocenters. The van der Waals surface area contributed by atoms with Gasteiger partial charge < -0.3 is 15.4 Å². The number of hydrogen-bond donors (Lipinski definition) is 2. The Morgan fingerprint density at radius 3 is 2.70 bits per heavy atom. The molecule has 0 saturated carbocycles. The minimum absolute atomic E-state index is 0.00193. The molecular formula is C25H28N4O3S. The Labute approximate surface area is 194 Å². The maximum absolute atomic E-state index is 13.2. The van der Waals surface area contributed by atoms with Crippen LogP contribution >= 0.6 is 0 Å². The van der Waals surface area contributed by atoms with Crippen LogP contribution in [0.3, 0.4) is 0 Å². The lowest BCUT2D eigenvalue weighted by Crippen LogP contribution is -2.21. The molecule has 3 aromatic rings. The predicted octanol–water partition coefficient (Wildman–Crippen LogP) is 4.84. The van der Waals surface area contributed by atoms with Gasteiger partial charge >= 0.3 is 0 Å². The van der Waals surface area contributed by atoms with Crippen LogP contribution in [0.25, 0.3) is 0 Å². The van der Waals surface area contributed by atoms with Crippen LogP contribution < -0.4 is 10.6 Å². The monoisotopic (exact) mass is 464 g/mol. The summed E-state index contributed by atoms with van der Waals surface area (Å²) in [4.78, 5) is 0.614. The molecule has 0 spiro atoms. The van der Waals surface area contributed by atoms with E-state index in [1.165, 1.54) is 0 Å². The molecule has 8 heteroatoms. The van der Waals surface area contributed by atoms with Gasteiger partial charge in [0.05, 0.1) is 21.2 Å². The lowest BCUT2D eigenvalue weighted by Gasteiger charge is -2.29. The van der Waals surface area contributed by atoms with Crippen LogP contribution in [0.4, 0.5) is 17.2 Å². The van der Waals surface area contributed by atoms with Crippen molar-refractivity contribution in [1.29, 1.82) is 0 Å². The summed E-state index contributed by atoms with van der Waals surface area (Å²) in [7, 11) is -1.69. The zero-order valence-corrected chi connectivity index (χ0v) is 19.4. The van der Waals surface area contributed by atoms with Gasteiger partial charge in [0, 0.05) is 44.1 Å². The summed E-state index contributed by atoms with van der Waals surface area (Å²) in [5, 5.41) is 11.1. The highest BCUT2D eigenvalue weighted by atomic mass is 32.2. The first kappa shape index (κ1) is 21.7. The second kappa shape index (κ2) is 8.68. The van der Waals surface area contributed by atoms with Gasteiger partial charge in [0.15, 0.2) is 5.82 Å². The SMILES string of the molecule is C=C(Nc1ccn(C)n1)C(CC1CCOCC1)c1ccc2c(c1)Nc1ccccc1S2(=O)=O. The second-order valence-electron chi connectivity index (χ2n) is 8.75. The summed E-state index contributed by atoms with van der Waals surface area (Å²) in [5.41, 5.74) is 3.08. The Morgan fingerprint density at radius 2 is 1.94 bits per heavy atom. The molecule has 0 bridgehead atoms. The van der Waals surface area contributed by atoms with Crippen molar-refractivity contribution in [3.05, 3.63) is 72.6 Å². The smallest absolute Gasteiger partial charge is 0.210 e. The third kappa shape index (κ3) is 4.28. The molecule has 2 aliphatic rings. The highest BCUT2D eigenvalue weighted by Crippen LogP contribution is 2.42. The van der Waals surface area contributed by atoms with Gasteiger partial charge in [-0.1, -0.05) is 24.8 Å². The summed E-state index contributed by atoms with van der Waals surface area (Å²) < 4.78 is 33.6. The van der Waals surface area contributed by atoms with E-state index in [0.717, 1.165) is 49.6 Å². The Balaban J connectivity index is 1.49. The molecule has 1 saturated heterocycles. The molecule has 1 fully saturated rings. The van der Waals surface area contributed by atoms with Crippen molar-refractivity contribution >= 4 is 27.0 Å². The van der Waals surface area contributed by atoms with Gasteiger partial charge in [-0.3, -0.25) is 4.68 Å². The molecule has 7 nitrogen and oxygen atoms in total. The number of nitrogens with zero attached hydrogens (tertiary/aromatic N) is 2. The number of para-hydroxylation sites is 1. The molecule has 33 heavy (non-hydrogen) atoms. The maximum atomic E-state index is 13.2. The van der Waals surface area contributed by atoms with Crippen molar-refractivity contribution in [1.82, 2.24) is 9.78 Å². The molecule has 2 aromatic carbocycles. The fourth-order valence-corrected chi connectivity index (χ4v) is 6.24. The molecule has 1 atom stereocenters. The van der Waals surface area contributed by atoms with Crippen molar-refractivity contribution in [2.24, 2.45) is 13.0 Å². The van der Waals surface area contributed by atoms with Gasteiger partial charge in [-0.2, -0.15) is 5.10 Å². The third-order valence-electron chi connectivity index (χ3n) is 6.47. The summed E-state index contributed by atoms with van der Waals surface area (Å²) in [5.74, 6) is 1.26. The maximum Gasteiger partial charge on any atom is 0.210 e. The number of benzene rings is 2. The fraction of sp³-hybridized carbons (Fsp3) is 0.320. The molecular weight excluding hydrogens is 436 g/mol. The Morgan fingerprint density at radius 1 is 1.18 bits per heavy atom. The van der Waals surface area contributed by atoms with Crippen LogP contribution in [0.2, 0.25) is 0 Å². The first-order valence-corrected chi connectivity index (χ1v) is 12.7. The molecule has 2 N–H and O–H groups in total. The van der Waals surface area contributed by atoms with E-state index < -0.39 is 9.84 Å². The lowest BCUT2D eigenvalue weighted by molar-refractivity contribution is 0.0626. The van der Waals surface area contributed by atoms with Crippen LogP contribution in [-0.4, -0.2) is 31.4 Å². The number of aryl methyl sites for hydroxylation is 1. The van der Waals surface area contributed by atoms with Crippen molar-refractivity contribution < 1.29 is 13.2 Å². The first-order chi connectivity index (χ1) is 15.9. The number of sulfone groups is 1. The van der Waals surface area contributed by atoms with Gasteiger partial charge in [-0.05, 0) is 55.0 Å². The zero-order valence-electron chi connectivity index (χ0n) is 18.6. The Kier molecular flexibility index (Phi) is 5.72. The van der Waals surface area contributed by atoms with Crippen LogP contribution in [0, 0.1) is 5.92 Å². The number of fused-ring (bicyclic) bond motifs is 2. The molecule has 0 radical (unpaired) electrons. The number of anilines is 3. The molecule has 1 aromatic heterocycles. The molecule has 172 valence electrons. The number of nitrogens with one attached hydrogen (secondary N) is 2. The first-order valence-electron chi connectivity index (χ1n) is 11.2. The summed E-state index contributed by atoms with van der Waals surface area (Å²) in [6.45, 7) is 5.90. The number of ether oxygens (including phenoxy) is 1. The number of aromatic nitrogens is 2. The fourth-order valence-electron chi connectivity index (χ4n) is 4.69. The van der Waals surface area contributed by atoms with Gasteiger partial charge in [0.1, 0.15) is 0 Å². The van der Waals surface area contributed by atoms with Gasteiger partial charge in [-0.15, -0.1) is 0 Å². The Bertz CT molecular complexity index is 1290. The topological polar surface area (TPSA) is 85.2 Å². The lowest BCUT2D eigenvalue weighted by atomic mass is 9.83. The minimum atomic E-state index is -3.57. The van der Waals surface area contributed by atoms with Crippen molar-refractivity contribution in [3.63, 3.8) is 0 Å². The summed E-state index contributed by atoms with van der Waals surface area (Å²) in [6, 6.07) is 14.5. The third-order valence-corrected chi connectivity index (χ3v) is 8.34. The van der Waals surface area contributed by atoms with E-state index in [1.54, 1.807) is 28.9 Å². The van der Waals surface area contributed by atoms with Gasteiger partial charge in [0.2, 0.25) is 9.84 Å². The zero-order chi connectivity index (χ0) is 23.0. The normalized spacial score (nSPS) is 18.0. The van der Waals surface area contributed by atoms with Crippen molar-refractivity contribution in [2.45, 2.75) is 35.0 Å². The highest BCUT2D eigenvalue weighted by molar-refractivity contribution is 7.92. The number of allylic oxidation sites excluding steroid dienone is 1. The van der Waals surface area contributed by atoms with E-state index >= 15 is 0 Å². The highest BCUT2D eigenvalue weighted by Gasteiger charge is 2.31. The van der Waals surface area contributed by atoms with E-state index in [-0.39, 0.29) is 5.92 Å².